The van der Waals surface area contributed by atoms with Gasteiger partial charge in [-0.2, -0.15) is 0 Å². The standard InChI is InChI=1S/C11H17NO2S/c1-8-6-7-15-11(8)9(12-2)4-5-10(13)14-3/h6-7,9,12H,4-5H2,1-3H3. The molecule has 1 atom stereocenters. The van der Waals surface area contributed by atoms with Gasteiger partial charge in [-0.05, 0) is 37.4 Å². The van der Waals surface area contributed by atoms with Crippen molar-refractivity contribution in [3.8, 4) is 0 Å². The van der Waals surface area contributed by atoms with Crippen molar-refractivity contribution in [1.82, 2.24) is 5.32 Å². The number of esters is 1. The zero-order chi connectivity index (χ0) is 11.3. The van der Waals surface area contributed by atoms with Crippen LogP contribution in [0.15, 0.2) is 11.4 Å². The number of hydrogen-bond donors (Lipinski definition) is 1. The molecule has 0 aliphatic rings. The van der Waals surface area contributed by atoms with E-state index in [9.17, 15) is 4.79 Å². The van der Waals surface area contributed by atoms with Gasteiger partial charge in [-0.1, -0.05) is 0 Å². The number of carbonyl (C=O) groups excluding carboxylic acids is 1. The molecule has 3 nitrogen and oxygen atoms in total. The molecule has 0 aliphatic heterocycles. The topological polar surface area (TPSA) is 38.3 Å². The minimum atomic E-state index is -0.149. The van der Waals surface area contributed by atoms with Gasteiger partial charge in [0.25, 0.3) is 0 Å². The van der Waals surface area contributed by atoms with E-state index in [1.165, 1.54) is 17.6 Å². The highest BCUT2D eigenvalue weighted by Gasteiger charge is 2.14. The summed E-state index contributed by atoms with van der Waals surface area (Å²) in [6.07, 6.45) is 1.24. The Bertz CT molecular complexity index is 322. The van der Waals surface area contributed by atoms with Crippen molar-refractivity contribution in [2.24, 2.45) is 0 Å². The maximum absolute atomic E-state index is 11.0. The lowest BCUT2D eigenvalue weighted by Gasteiger charge is -2.14. The maximum Gasteiger partial charge on any atom is 0.305 e. The summed E-state index contributed by atoms with van der Waals surface area (Å²) in [4.78, 5) is 12.3. The summed E-state index contributed by atoms with van der Waals surface area (Å²) in [7, 11) is 3.34. The van der Waals surface area contributed by atoms with Crippen molar-refractivity contribution >= 4 is 17.3 Å². The van der Waals surface area contributed by atoms with Crippen LogP contribution in [0.3, 0.4) is 0 Å². The Kier molecular flexibility index (Phi) is 4.78. The quantitative estimate of drug-likeness (QED) is 0.784. The van der Waals surface area contributed by atoms with Gasteiger partial charge >= 0.3 is 5.97 Å². The second kappa shape index (κ2) is 5.88. The van der Waals surface area contributed by atoms with Crippen molar-refractivity contribution in [3.63, 3.8) is 0 Å². The number of carbonyl (C=O) groups is 1. The van der Waals surface area contributed by atoms with Gasteiger partial charge in [0.15, 0.2) is 0 Å². The van der Waals surface area contributed by atoms with Gasteiger partial charge in [-0.3, -0.25) is 4.79 Å². The lowest BCUT2D eigenvalue weighted by molar-refractivity contribution is -0.140. The van der Waals surface area contributed by atoms with Crippen molar-refractivity contribution < 1.29 is 9.53 Å². The summed E-state index contributed by atoms with van der Waals surface area (Å²) < 4.78 is 4.63. The highest BCUT2D eigenvalue weighted by atomic mass is 32.1. The molecule has 0 bridgehead atoms. The van der Waals surface area contributed by atoms with Crippen LogP contribution >= 0.6 is 11.3 Å². The van der Waals surface area contributed by atoms with E-state index in [0.29, 0.717) is 6.42 Å². The highest BCUT2D eigenvalue weighted by molar-refractivity contribution is 7.10. The van der Waals surface area contributed by atoms with Crippen LogP contribution in [0.2, 0.25) is 0 Å². The number of thiophene rings is 1. The summed E-state index contributed by atoms with van der Waals surface area (Å²) in [5.74, 6) is -0.149. The lowest BCUT2D eigenvalue weighted by Crippen LogP contribution is -2.17. The fourth-order valence-electron chi connectivity index (χ4n) is 1.51. The molecule has 1 heterocycles. The van der Waals surface area contributed by atoms with Crippen LogP contribution in [-0.2, 0) is 9.53 Å². The van der Waals surface area contributed by atoms with E-state index in [-0.39, 0.29) is 12.0 Å². The van der Waals surface area contributed by atoms with Crippen LogP contribution < -0.4 is 5.32 Å². The van der Waals surface area contributed by atoms with Gasteiger partial charge < -0.3 is 10.1 Å². The molecule has 0 spiro atoms. The van der Waals surface area contributed by atoms with E-state index in [2.05, 4.69) is 28.4 Å². The Morgan fingerprint density at radius 2 is 2.40 bits per heavy atom. The van der Waals surface area contributed by atoms with Crippen molar-refractivity contribution in [2.45, 2.75) is 25.8 Å². The largest absolute Gasteiger partial charge is 0.469 e. The van der Waals surface area contributed by atoms with E-state index in [4.69, 9.17) is 0 Å². The third kappa shape index (κ3) is 3.32. The third-order valence-corrected chi connectivity index (χ3v) is 3.56. The molecule has 0 amide bonds. The summed E-state index contributed by atoms with van der Waals surface area (Å²) in [6, 6.07) is 2.35. The molecule has 4 heteroatoms. The number of rotatable bonds is 5. The van der Waals surface area contributed by atoms with Gasteiger partial charge in [0.2, 0.25) is 0 Å². The van der Waals surface area contributed by atoms with Gasteiger partial charge in [-0.25, -0.2) is 0 Å². The van der Waals surface area contributed by atoms with Crippen LogP contribution in [0, 0.1) is 6.92 Å². The molecule has 0 aliphatic carbocycles. The molecule has 15 heavy (non-hydrogen) atoms. The molecule has 84 valence electrons. The predicted octanol–water partition coefficient (Wildman–Crippen LogP) is 2.27. The van der Waals surface area contributed by atoms with Crippen LogP contribution in [0.25, 0.3) is 0 Å². The van der Waals surface area contributed by atoms with E-state index in [0.717, 1.165) is 6.42 Å². The number of hydrogen-bond acceptors (Lipinski definition) is 4. The highest BCUT2D eigenvalue weighted by Crippen LogP contribution is 2.26. The molecule has 0 saturated heterocycles. The Balaban J connectivity index is 2.57. The van der Waals surface area contributed by atoms with Crippen LogP contribution in [0.5, 0.6) is 0 Å². The average Bonchev–Trinajstić information content (AvgIpc) is 2.65. The summed E-state index contributed by atoms with van der Waals surface area (Å²) in [6.45, 7) is 2.09. The van der Waals surface area contributed by atoms with Gasteiger partial charge in [0.05, 0.1) is 7.11 Å². The smallest absolute Gasteiger partial charge is 0.305 e. The monoisotopic (exact) mass is 227 g/mol. The Labute approximate surface area is 94.5 Å². The molecule has 0 fully saturated rings. The first-order valence-corrected chi connectivity index (χ1v) is 5.85. The third-order valence-electron chi connectivity index (χ3n) is 2.43. The summed E-state index contributed by atoms with van der Waals surface area (Å²) in [5, 5.41) is 5.30. The Morgan fingerprint density at radius 1 is 1.67 bits per heavy atom. The Morgan fingerprint density at radius 3 is 2.87 bits per heavy atom. The number of ether oxygens (including phenoxy) is 1. The minimum absolute atomic E-state index is 0.149. The van der Waals surface area contributed by atoms with Gasteiger partial charge in [-0.15, -0.1) is 11.3 Å². The zero-order valence-electron chi connectivity index (χ0n) is 9.37. The Hall–Kier alpha value is -0.870. The molecule has 1 unspecified atom stereocenters. The van der Waals surface area contributed by atoms with Crippen LogP contribution in [0.4, 0.5) is 0 Å². The lowest BCUT2D eigenvalue weighted by atomic mass is 10.1. The predicted molar refractivity (Wildman–Crippen MR) is 62.1 cm³/mol. The molecule has 1 aromatic heterocycles. The number of aryl methyl sites for hydroxylation is 1. The first-order chi connectivity index (χ1) is 7.19. The normalized spacial score (nSPS) is 12.5. The van der Waals surface area contributed by atoms with Gasteiger partial charge in [0.1, 0.15) is 0 Å². The van der Waals surface area contributed by atoms with Gasteiger partial charge in [0, 0.05) is 17.3 Å². The van der Waals surface area contributed by atoms with Crippen molar-refractivity contribution in [3.05, 3.63) is 21.9 Å². The molecule has 0 radical (unpaired) electrons. The summed E-state index contributed by atoms with van der Waals surface area (Å²) >= 11 is 1.73. The van der Waals surface area contributed by atoms with E-state index in [1.54, 1.807) is 11.3 Å². The summed E-state index contributed by atoms with van der Waals surface area (Å²) in [5.41, 5.74) is 1.28. The molecule has 1 rings (SSSR count). The molecule has 1 aromatic rings. The SMILES string of the molecule is CNC(CCC(=O)OC)c1sccc1C. The van der Waals surface area contributed by atoms with E-state index in [1.807, 2.05) is 7.05 Å². The van der Waals surface area contributed by atoms with E-state index < -0.39 is 0 Å². The van der Waals surface area contributed by atoms with Crippen LogP contribution in [0.1, 0.15) is 29.3 Å². The van der Waals surface area contributed by atoms with Crippen molar-refractivity contribution in [2.75, 3.05) is 14.2 Å². The first kappa shape index (κ1) is 12.2. The fraction of sp³-hybridized carbons (Fsp3) is 0.545. The molecule has 1 N–H and O–H groups in total. The number of methoxy groups -OCH3 is 1. The zero-order valence-corrected chi connectivity index (χ0v) is 10.2. The molecule has 0 saturated carbocycles. The molecular formula is C11H17NO2S. The van der Waals surface area contributed by atoms with Crippen molar-refractivity contribution in [1.29, 1.82) is 0 Å². The van der Waals surface area contributed by atoms with E-state index >= 15 is 0 Å². The second-order valence-electron chi connectivity index (χ2n) is 3.42. The number of nitrogens with one attached hydrogen (secondary N) is 1. The first-order valence-electron chi connectivity index (χ1n) is 4.97. The fourth-order valence-corrected chi connectivity index (χ4v) is 2.58. The van der Waals surface area contributed by atoms with Crippen LogP contribution in [-0.4, -0.2) is 20.1 Å². The molecule has 0 aromatic carbocycles. The molecular weight excluding hydrogens is 210 g/mol. The maximum atomic E-state index is 11.0. The minimum Gasteiger partial charge on any atom is -0.469 e. The average molecular weight is 227 g/mol. The second-order valence-corrected chi connectivity index (χ2v) is 4.37.